The molecule has 2 aromatic heterocycles. The van der Waals surface area contributed by atoms with Crippen LogP contribution in [0.1, 0.15) is 34.7 Å². The predicted octanol–water partition coefficient (Wildman–Crippen LogP) is 1.51. The zero-order chi connectivity index (χ0) is 17.4. The van der Waals surface area contributed by atoms with Crippen molar-refractivity contribution < 1.29 is 19.4 Å². The number of ether oxygens (including phenoxy) is 1. The monoisotopic (exact) mass is 328 g/mol. The molecule has 2 heterocycles. The largest absolute Gasteiger partial charge is 0.505 e. The highest BCUT2D eigenvalue weighted by atomic mass is 16.5. The van der Waals surface area contributed by atoms with Gasteiger partial charge in [-0.3, -0.25) is 4.79 Å². The maximum Gasteiger partial charge on any atom is 0.360 e. The van der Waals surface area contributed by atoms with Gasteiger partial charge in [-0.25, -0.2) is 14.3 Å². The lowest BCUT2D eigenvalue weighted by Gasteiger charge is -2.13. The van der Waals surface area contributed by atoms with Crippen LogP contribution in [0.25, 0.3) is 16.4 Å². The van der Waals surface area contributed by atoms with Gasteiger partial charge in [-0.05, 0) is 19.9 Å². The number of nitrogens with one attached hydrogen (secondary N) is 1. The molecule has 0 aliphatic carbocycles. The summed E-state index contributed by atoms with van der Waals surface area (Å²) in [5.74, 6) is -1.36. The van der Waals surface area contributed by atoms with E-state index in [9.17, 15) is 14.7 Å². The third-order valence-corrected chi connectivity index (χ3v) is 3.57. The molecule has 8 nitrogen and oxygen atoms in total. The highest BCUT2D eigenvalue weighted by molar-refractivity contribution is 6.15. The Morgan fingerprint density at radius 1 is 1.33 bits per heavy atom. The Bertz CT molecular complexity index is 962. The molecular formula is C16H16N4O4. The molecule has 0 unspecified atom stereocenters. The number of hydrogen-bond donors (Lipinski definition) is 2. The van der Waals surface area contributed by atoms with Gasteiger partial charge in [0, 0.05) is 16.8 Å². The molecule has 2 N–H and O–H groups in total. The highest BCUT2D eigenvalue weighted by Gasteiger charge is 2.25. The van der Waals surface area contributed by atoms with Crippen molar-refractivity contribution in [3.05, 3.63) is 35.8 Å². The number of nitrogens with zero attached hydrogens (tertiary/aromatic N) is 3. The first kappa shape index (κ1) is 15.7. The van der Waals surface area contributed by atoms with E-state index in [1.807, 2.05) is 13.8 Å². The van der Waals surface area contributed by atoms with E-state index in [1.165, 1.54) is 18.0 Å². The van der Waals surface area contributed by atoms with Gasteiger partial charge in [0.25, 0.3) is 5.91 Å². The summed E-state index contributed by atoms with van der Waals surface area (Å²) >= 11 is 0. The summed E-state index contributed by atoms with van der Waals surface area (Å²) in [7, 11) is 1.21. The predicted molar refractivity (Wildman–Crippen MR) is 86.1 cm³/mol. The van der Waals surface area contributed by atoms with Gasteiger partial charge in [-0.2, -0.15) is 5.10 Å². The van der Waals surface area contributed by atoms with Crippen molar-refractivity contribution in [3.8, 4) is 5.75 Å². The van der Waals surface area contributed by atoms with Gasteiger partial charge in [0.05, 0.1) is 12.7 Å². The Hall–Kier alpha value is -3.16. The molecule has 3 rings (SSSR count). The quantitative estimate of drug-likeness (QED) is 0.706. The van der Waals surface area contributed by atoms with E-state index in [4.69, 9.17) is 4.74 Å². The number of methoxy groups -OCH3 is 1. The summed E-state index contributed by atoms with van der Waals surface area (Å²) < 4.78 is 5.88. The van der Waals surface area contributed by atoms with Crippen LogP contribution in [0.5, 0.6) is 5.75 Å². The van der Waals surface area contributed by atoms with Crippen molar-refractivity contribution in [3.63, 3.8) is 0 Å². The topological polar surface area (TPSA) is 106 Å². The smallest absolute Gasteiger partial charge is 0.360 e. The van der Waals surface area contributed by atoms with Gasteiger partial charge >= 0.3 is 5.97 Å². The third-order valence-electron chi connectivity index (χ3n) is 3.57. The fourth-order valence-electron chi connectivity index (χ4n) is 2.60. The van der Waals surface area contributed by atoms with E-state index in [0.29, 0.717) is 16.3 Å². The van der Waals surface area contributed by atoms with Crippen LogP contribution < -0.4 is 5.32 Å². The Balaban J connectivity index is 2.40. The molecular weight excluding hydrogens is 312 g/mol. The fourth-order valence-corrected chi connectivity index (χ4v) is 2.60. The molecule has 3 aromatic rings. The summed E-state index contributed by atoms with van der Waals surface area (Å²) in [6.45, 7) is 3.70. The van der Waals surface area contributed by atoms with Crippen molar-refractivity contribution in [2.45, 2.75) is 19.9 Å². The second-order valence-corrected chi connectivity index (χ2v) is 5.54. The molecule has 0 radical (unpaired) electrons. The standard InChI is InChI=1S/C16H16N4O4/c1-8(2)19-15(22)10-6-4-5-9-11(10)14-17-7-18-20(14)12(13(9)21)16(23)24-3/h4-8,21H,1-3H3,(H,19,22). The Labute approximate surface area is 137 Å². The first-order valence-electron chi connectivity index (χ1n) is 7.32. The van der Waals surface area contributed by atoms with Gasteiger partial charge in [-0.1, -0.05) is 12.1 Å². The lowest BCUT2D eigenvalue weighted by atomic mass is 10.0. The maximum absolute atomic E-state index is 12.5. The number of benzene rings is 1. The molecule has 1 aromatic carbocycles. The number of amides is 1. The normalized spacial score (nSPS) is 11.2. The van der Waals surface area contributed by atoms with E-state index in [-0.39, 0.29) is 29.0 Å². The molecule has 0 aliphatic rings. The second kappa shape index (κ2) is 5.80. The minimum absolute atomic E-state index is 0.0513. The van der Waals surface area contributed by atoms with Gasteiger partial charge in [-0.15, -0.1) is 0 Å². The molecule has 0 saturated heterocycles. The molecule has 0 saturated carbocycles. The van der Waals surface area contributed by atoms with Gasteiger partial charge in [0.2, 0.25) is 0 Å². The summed E-state index contributed by atoms with van der Waals surface area (Å²) in [5.41, 5.74) is 0.488. The Morgan fingerprint density at radius 2 is 2.08 bits per heavy atom. The SMILES string of the molecule is COC(=O)c1c(O)c2cccc(C(=O)NC(C)C)c2c2ncnn12. The van der Waals surface area contributed by atoms with Gasteiger partial charge in [0.15, 0.2) is 17.1 Å². The lowest BCUT2D eigenvalue weighted by molar-refractivity contribution is 0.0587. The van der Waals surface area contributed by atoms with Gasteiger partial charge in [0.1, 0.15) is 6.33 Å². The van der Waals surface area contributed by atoms with Crippen molar-refractivity contribution in [1.82, 2.24) is 19.9 Å². The van der Waals surface area contributed by atoms with Gasteiger partial charge < -0.3 is 15.2 Å². The summed E-state index contributed by atoms with van der Waals surface area (Å²) in [6, 6.07) is 4.82. The highest BCUT2D eigenvalue weighted by Crippen LogP contribution is 2.33. The average molecular weight is 328 g/mol. The Morgan fingerprint density at radius 3 is 2.75 bits per heavy atom. The fraction of sp³-hybridized carbons (Fsp3) is 0.250. The number of hydrogen-bond acceptors (Lipinski definition) is 6. The minimum Gasteiger partial charge on any atom is -0.505 e. The molecule has 0 fully saturated rings. The number of fused-ring (bicyclic) bond motifs is 3. The number of rotatable bonds is 3. The third kappa shape index (κ3) is 2.32. The lowest BCUT2D eigenvalue weighted by Crippen LogP contribution is -2.30. The molecule has 0 spiro atoms. The molecule has 0 aliphatic heterocycles. The van der Waals surface area contributed by atoms with Crippen LogP contribution in [0.3, 0.4) is 0 Å². The number of esters is 1. The number of pyridine rings is 1. The molecule has 24 heavy (non-hydrogen) atoms. The Kier molecular flexibility index (Phi) is 3.80. The molecule has 124 valence electrons. The summed E-state index contributed by atoms with van der Waals surface area (Å²) in [6.07, 6.45) is 1.25. The van der Waals surface area contributed by atoms with Crippen molar-refractivity contribution in [2.75, 3.05) is 7.11 Å². The number of aromatic nitrogens is 3. The van der Waals surface area contributed by atoms with Crippen LogP contribution >= 0.6 is 0 Å². The zero-order valence-electron chi connectivity index (χ0n) is 13.4. The zero-order valence-corrected chi connectivity index (χ0v) is 13.4. The average Bonchev–Trinajstić information content (AvgIpc) is 3.02. The van der Waals surface area contributed by atoms with Crippen LogP contribution in [-0.4, -0.2) is 44.7 Å². The van der Waals surface area contributed by atoms with Crippen molar-refractivity contribution >= 4 is 28.3 Å². The van der Waals surface area contributed by atoms with E-state index in [1.54, 1.807) is 18.2 Å². The van der Waals surface area contributed by atoms with Crippen LogP contribution in [-0.2, 0) is 4.74 Å². The number of carbonyl (C=O) groups is 2. The molecule has 0 atom stereocenters. The summed E-state index contributed by atoms with van der Waals surface area (Å²) in [4.78, 5) is 28.6. The van der Waals surface area contributed by atoms with Crippen LogP contribution in [0.2, 0.25) is 0 Å². The first-order chi connectivity index (χ1) is 11.5. The summed E-state index contributed by atoms with van der Waals surface area (Å²) in [5, 5.41) is 18.1. The maximum atomic E-state index is 12.5. The van der Waals surface area contributed by atoms with E-state index < -0.39 is 5.97 Å². The molecule has 1 amide bonds. The van der Waals surface area contributed by atoms with Crippen molar-refractivity contribution in [1.29, 1.82) is 0 Å². The molecule has 0 bridgehead atoms. The minimum atomic E-state index is -0.748. The van der Waals surface area contributed by atoms with Crippen LogP contribution in [0.15, 0.2) is 24.5 Å². The first-order valence-corrected chi connectivity index (χ1v) is 7.32. The number of carbonyl (C=O) groups excluding carboxylic acids is 2. The number of aromatic hydroxyl groups is 1. The van der Waals surface area contributed by atoms with Crippen LogP contribution in [0, 0.1) is 0 Å². The van der Waals surface area contributed by atoms with E-state index in [2.05, 4.69) is 15.4 Å². The van der Waals surface area contributed by atoms with Crippen LogP contribution in [0.4, 0.5) is 0 Å². The van der Waals surface area contributed by atoms with E-state index >= 15 is 0 Å². The second-order valence-electron chi connectivity index (χ2n) is 5.54. The van der Waals surface area contributed by atoms with Crippen molar-refractivity contribution in [2.24, 2.45) is 0 Å². The molecule has 8 heteroatoms. The van der Waals surface area contributed by atoms with E-state index in [0.717, 1.165) is 0 Å².